The van der Waals surface area contributed by atoms with Crippen LogP contribution in [0.2, 0.25) is 0 Å². The predicted molar refractivity (Wildman–Crippen MR) is 91.3 cm³/mol. The Morgan fingerprint density at radius 3 is 2.62 bits per heavy atom. The molecule has 5 heteroatoms. The van der Waals surface area contributed by atoms with Crippen molar-refractivity contribution in [2.45, 2.75) is 31.7 Å². The summed E-state index contributed by atoms with van der Waals surface area (Å²) in [5, 5.41) is 0. The Hall–Kier alpha value is -1.75. The predicted octanol–water partition coefficient (Wildman–Crippen LogP) is 2.54. The lowest BCUT2D eigenvalue weighted by Gasteiger charge is -2.36. The van der Waals surface area contributed by atoms with E-state index in [9.17, 15) is 4.79 Å². The molecule has 3 aliphatic heterocycles. The number of piperidine rings is 1. The van der Waals surface area contributed by atoms with Gasteiger partial charge in [-0.15, -0.1) is 0 Å². The second kappa shape index (κ2) is 7.01. The molecule has 2 saturated heterocycles. The Morgan fingerprint density at radius 1 is 1.00 bits per heavy atom. The van der Waals surface area contributed by atoms with Crippen LogP contribution in [0.3, 0.4) is 0 Å². The quantitative estimate of drug-likeness (QED) is 0.854. The zero-order chi connectivity index (χ0) is 16.4. The average molecular weight is 330 g/mol. The summed E-state index contributed by atoms with van der Waals surface area (Å²) >= 11 is 0. The summed E-state index contributed by atoms with van der Waals surface area (Å²) in [5.41, 5.74) is 1.34. The molecule has 1 amide bonds. The minimum atomic E-state index is -0.119. The summed E-state index contributed by atoms with van der Waals surface area (Å²) in [4.78, 5) is 16.2. The van der Waals surface area contributed by atoms with Crippen molar-refractivity contribution in [3.8, 4) is 5.75 Å². The van der Waals surface area contributed by atoms with E-state index in [-0.39, 0.29) is 6.09 Å². The first-order valence-corrected chi connectivity index (χ1v) is 9.16. The molecule has 0 aromatic heterocycles. The van der Waals surface area contributed by atoms with E-state index in [1.54, 1.807) is 0 Å². The number of hydrogen-bond acceptors (Lipinski definition) is 4. The van der Waals surface area contributed by atoms with Crippen LogP contribution in [0.1, 0.15) is 24.8 Å². The minimum Gasteiger partial charge on any atom is -0.493 e. The topological polar surface area (TPSA) is 42.0 Å². The van der Waals surface area contributed by atoms with Crippen LogP contribution in [0, 0.1) is 5.92 Å². The molecule has 130 valence electrons. The van der Waals surface area contributed by atoms with Crippen LogP contribution < -0.4 is 4.74 Å². The van der Waals surface area contributed by atoms with Gasteiger partial charge in [0.2, 0.25) is 0 Å². The lowest BCUT2D eigenvalue weighted by molar-refractivity contribution is 0.108. The fourth-order valence-electron chi connectivity index (χ4n) is 4.23. The van der Waals surface area contributed by atoms with Gasteiger partial charge in [0.1, 0.15) is 12.4 Å². The molecule has 3 aliphatic rings. The minimum absolute atomic E-state index is 0.119. The van der Waals surface area contributed by atoms with E-state index in [4.69, 9.17) is 9.47 Å². The number of benzene rings is 1. The number of likely N-dealkylation sites (tertiary alicyclic amines) is 1. The molecule has 4 rings (SSSR count). The average Bonchev–Trinajstić information content (AvgIpc) is 2.92. The molecule has 1 aromatic rings. The second-order valence-corrected chi connectivity index (χ2v) is 7.15. The monoisotopic (exact) mass is 330 g/mol. The Labute approximate surface area is 143 Å². The smallest absolute Gasteiger partial charge is 0.410 e. The van der Waals surface area contributed by atoms with Crippen molar-refractivity contribution in [1.82, 2.24) is 9.80 Å². The van der Waals surface area contributed by atoms with Gasteiger partial charge in [0.05, 0.1) is 13.2 Å². The van der Waals surface area contributed by atoms with Crippen molar-refractivity contribution in [2.24, 2.45) is 5.92 Å². The first-order valence-electron chi connectivity index (χ1n) is 9.16. The summed E-state index contributed by atoms with van der Waals surface area (Å²) in [6.07, 6.45) is 4.23. The standard InChI is InChI=1S/C19H26N2O3/c22-19-21(10-12-24-19)17-5-8-20(9-6-17)14-15-7-11-23-18-4-2-1-3-16(18)13-15/h1-4,15,17H,5-14H2/t15-/m1/s1. The fourth-order valence-corrected chi connectivity index (χ4v) is 4.23. The molecule has 1 atom stereocenters. The molecule has 2 fully saturated rings. The SMILES string of the molecule is O=C1OCCN1C1CCN(C[C@@H]2CCOc3ccccc3C2)CC1. The maximum Gasteiger partial charge on any atom is 0.410 e. The molecule has 3 heterocycles. The number of rotatable bonds is 3. The molecule has 0 spiro atoms. The second-order valence-electron chi connectivity index (χ2n) is 7.15. The molecule has 0 aliphatic carbocycles. The normalized spacial score (nSPS) is 25.8. The molecular weight excluding hydrogens is 304 g/mol. The summed E-state index contributed by atoms with van der Waals surface area (Å²) in [7, 11) is 0. The number of cyclic esters (lactones) is 1. The number of para-hydroxylation sites is 1. The third kappa shape index (κ3) is 3.36. The van der Waals surface area contributed by atoms with Crippen LogP contribution in [-0.2, 0) is 11.2 Å². The number of carbonyl (C=O) groups is 1. The summed E-state index contributed by atoms with van der Waals surface area (Å²) < 4.78 is 11.0. The highest BCUT2D eigenvalue weighted by Crippen LogP contribution is 2.28. The molecular formula is C19H26N2O3. The lowest BCUT2D eigenvalue weighted by Crippen LogP contribution is -2.46. The highest BCUT2D eigenvalue weighted by molar-refractivity contribution is 5.69. The number of ether oxygens (including phenoxy) is 2. The number of amides is 1. The van der Waals surface area contributed by atoms with Crippen molar-refractivity contribution in [2.75, 3.05) is 39.4 Å². The molecule has 1 aromatic carbocycles. The Bertz CT molecular complexity index is 584. The molecule has 5 nitrogen and oxygen atoms in total. The van der Waals surface area contributed by atoms with E-state index >= 15 is 0 Å². The van der Waals surface area contributed by atoms with Crippen LogP contribution in [0.5, 0.6) is 5.75 Å². The van der Waals surface area contributed by atoms with E-state index < -0.39 is 0 Å². The number of fused-ring (bicyclic) bond motifs is 1. The van der Waals surface area contributed by atoms with Crippen molar-refractivity contribution in [3.05, 3.63) is 29.8 Å². The van der Waals surface area contributed by atoms with Gasteiger partial charge >= 0.3 is 6.09 Å². The van der Waals surface area contributed by atoms with Gasteiger partial charge in [-0.3, -0.25) is 0 Å². The molecule has 0 unspecified atom stereocenters. The van der Waals surface area contributed by atoms with E-state index in [1.165, 1.54) is 5.56 Å². The van der Waals surface area contributed by atoms with Gasteiger partial charge in [-0.25, -0.2) is 4.79 Å². The highest BCUT2D eigenvalue weighted by Gasteiger charge is 2.32. The highest BCUT2D eigenvalue weighted by atomic mass is 16.6. The van der Waals surface area contributed by atoms with E-state index in [1.807, 2.05) is 11.0 Å². The van der Waals surface area contributed by atoms with E-state index in [0.717, 1.165) is 64.2 Å². The zero-order valence-corrected chi connectivity index (χ0v) is 14.2. The number of nitrogens with zero attached hydrogens (tertiary/aromatic N) is 2. The summed E-state index contributed by atoms with van der Waals surface area (Å²) in [6, 6.07) is 8.80. The first-order chi connectivity index (χ1) is 11.8. The third-order valence-electron chi connectivity index (χ3n) is 5.57. The number of hydrogen-bond donors (Lipinski definition) is 0. The largest absolute Gasteiger partial charge is 0.493 e. The van der Waals surface area contributed by atoms with E-state index in [2.05, 4.69) is 23.1 Å². The third-order valence-corrected chi connectivity index (χ3v) is 5.57. The van der Waals surface area contributed by atoms with Gasteiger partial charge in [0.25, 0.3) is 0 Å². The first kappa shape index (κ1) is 15.8. The zero-order valence-electron chi connectivity index (χ0n) is 14.2. The van der Waals surface area contributed by atoms with Gasteiger partial charge in [-0.05, 0) is 43.2 Å². The number of carbonyl (C=O) groups excluding carboxylic acids is 1. The van der Waals surface area contributed by atoms with Crippen molar-refractivity contribution >= 4 is 6.09 Å². The molecule has 0 bridgehead atoms. The van der Waals surface area contributed by atoms with E-state index in [0.29, 0.717) is 18.6 Å². The maximum absolute atomic E-state index is 11.7. The van der Waals surface area contributed by atoms with Gasteiger partial charge in [-0.2, -0.15) is 0 Å². The summed E-state index contributed by atoms with van der Waals surface area (Å²) in [5.74, 6) is 1.72. The van der Waals surface area contributed by atoms with Crippen molar-refractivity contribution in [1.29, 1.82) is 0 Å². The molecule has 0 N–H and O–H groups in total. The van der Waals surface area contributed by atoms with Gasteiger partial charge in [0, 0.05) is 25.7 Å². The van der Waals surface area contributed by atoms with Crippen molar-refractivity contribution in [3.63, 3.8) is 0 Å². The van der Waals surface area contributed by atoms with Gasteiger partial charge < -0.3 is 19.3 Å². The van der Waals surface area contributed by atoms with Crippen LogP contribution in [0.4, 0.5) is 4.79 Å². The summed E-state index contributed by atoms with van der Waals surface area (Å²) in [6.45, 7) is 5.42. The molecule has 0 radical (unpaired) electrons. The molecule has 0 saturated carbocycles. The Kier molecular flexibility index (Phi) is 4.60. The fraction of sp³-hybridized carbons (Fsp3) is 0.632. The maximum atomic E-state index is 11.7. The van der Waals surface area contributed by atoms with Gasteiger partial charge in [-0.1, -0.05) is 18.2 Å². The van der Waals surface area contributed by atoms with Crippen LogP contribution >= 0.6 is 0 Å². The Balaban J connectivity index is 1.30. The van der Waals surface area contributed by atoms with Crippen LogP contribution in [0.15, 0.2) is 24.3 Å². The molecule has 24 heavy (non-hydrogen) atoms. The lowest BCUT2D eigenvalue weighted by atomic mass is 9.95. The van der Waals surface area contributed by atoms with Crippen LogP contribution in [0.25, 0.3) is 0 Å². The Morgan fingerprint density at radius 2 is 1.83 bits per heavy atom. The van der Waals surface area contributed by atoms with Crippen LogP contribution in [-0.4, -0.2) is 61.3 Å². The van der Waals surface area contributed by atoms with Gasteiger partial charge in [0.15, 0.2) is 0 Å². The van der Waals surface area contributed by atoms with Crippen molar-refractivity contribution < 1.29 is 14.3 Å².